The fourth-order valence-corrected chi connectivity index (χ4v) is 3.26. The van der Waals surface area contributed by atoms with Gasteiger partial charge >= 0.3 is 0 Å². The molecule has 0 amide bonds. The van der Waals surface area contributed by atoms with Crippen LogP contribution >= 0.6 is 0 Å². The van der Waals surface area contributed by atoms with Crippen LogP contribution in [0.25, 0.3) is 5.70 Å². The standard InChI is InChI=1S/C16H17N3O/c20-19-10-7-17-15-6-4-12-3-5-13(11-14(12)16(15)19)18-8-1-2-9-18/h1-2,7-9,11,20H,3-6,10H2. The quantitative estimate of drug-likeness (QED) is 0.849. The molecule has 0 aromatic carbocycles. The first kappa shape index (κ1) is 11.7. The Morgan fingerprint density at radius 3 is 2.70 bits per heavy atom. The molecule has 4 heteroatoms. The number of hydrogen-bond donors (Lipinski definition) is 1. The van der Waals surface area contributed by atoms with E-state index in [-0.39, 0.29) is 0 Å². The van der Waals surface area contributed by atoms with Crippen LogP contribution < -0.4 is 0 Å². The molecule has 1 aliphatic heterocycles. The van der Waals surface area contributed by atoms with Gasteiger partial charge in [0, 0.05) is 29.9 Å². The summed E-state index contributed by atoms with van der Waals surface area (Å²) in [5.41, 5.74) is 5.85. The average Bonchev–Trinajstić information content (AvgIpc) is 3.01. The fraction of sp³-hybridized carbons (Fsp3) is 0.312. The van der Waals surface area contributed by atoms with Crippen LogP contribution in [0, 0.1) is 0 Å². The summed E-state index contributed by atoms with van der Waals surface area (Å²) in [4.78, 5) is 4.46. The van der Waals surface area contributed by atoms with E-state index < -0.39 is 0 Å². The van der Waals surface area contributed by atoms with Crippen molar-refractivity contribution in [2.75, 3.05) is 6.54 Å². The molecule has 1 N–H and O–H groups in total. The largest absolute Gasteiger partial charge is 0.328 e. The second-order valence-corrected chi connectivity index (χ2v) is 5.43. The Morgan fingerprint density at radius 2 is 1.85 bits per heavy atom. The molecule has 0 fully saturated rings. The first-order valence-electron chi connectivity index (χ1n) is 7.11. The molecular formula is C16H17N3O. The number of aromatic nitrogens is 1. The fourth-order valence-electron chi connectivity index (χ4n) is 3.26. The Kier molecular flexibility index (Phi) is 2.63. The predicted molar refractivity (Wildman–Crippen MR) is 78.2 cm³/mol. The highest BCUT2D eigenvalue weighted by molar-refractivity contribution is 5.68. The van der Waals surface area contributed by atoms with Crippen molar-refractivity contribution in [3.63, 3.8) is 0 Å². The van der Waals surface area contributed by atoms with Gasteiger partial charge in [0.1, 0.15) is 0 Å². The summed E-state index contributed by atoms with van der Waals surface area (Å²) in [5.74, 6) is 0. The van der Waals surface area contributed by atoms with Crippen molar-refractivity contribution in [2.45, 2.75) is 25.7 Å². The van der Waals surface area contributed by atoms with Gasteiger partial charge in [0.25, 0.3) is 0 Å². The Morgan fingerprint density at radius 1 is 1.05 bits per heavy atom. The minimum Gasteiger partial charge on any atom is -0.328 e. The molecule has 2 aliphatic carbocycles. The Hall–Kier alpha value is -2.07. The molecule has 1 aromatic heterocycles. The van der Waals surface area contributed by atoms with Gasteiger partial charge in [-0.1, -0.05) is 5.57 Å². The van der Waals surface area contributed by atoms with Crippen molar-refractivity contribution in [1.29, 1.82) is 0 Å². The van der Waals surface area contributed by atoms with E-state index in [0.29, 0.717) is 6.54 Å². The molecule has 1 aromatic rings. The van der Waals surface area contributed by atoms with Crippen LogP contribution in [0.2, 0.25) is 0 Å². The first-order chi connectivity index (χ1) is 9.83. The molecule has 0 saturated carbocycles. The summed E-state index contributed by atoms with van der Waals surface area (Å²) in [5, 5.41) is 11.5. The lowest BCUT2D eigenvalue weighted by Gasteiger charge is -2.33. The highest BCUT2D eigenvalue weighted by Gasteiger charge is 2.28. The molecule has 20 heavy (non-hydrogen) atoms. The van der Waals surface area contributed by atoms with Crippen LogP contribution in [0.3, 0.4) is 0 Å². The molecule has 3 aliphatic rings. The summed E-state index contributed by atoms with van der Waals surface area (Å²) in [6.07, 6.45) is 12.3. The number of fused-ring (bicyclic) bond motifs is 1. The van der Waals surface area contributed by atoms with Gasteiger partial charge < -0.3 is 4.57 Å². The molecule has 102 valence electrons. The topological polar surface area (TPSA) is 40.8 Å². The molecule has 0 spiro atoms. The SMILES string of the molecule is ON1CC=NC2=C1C1=C(CCC(n3cccc3)=C1)CC2. The maximum atomic E-state index is 10.2. The van der Waals surface area contributed by atoms with E-state index in [9.17, 15) is 5.21 Å². The summed E-state index contributed by atoms with van der Waals surface area (Å²) in [6, 6.07) is 4.08. The van der Waals surface area contributed by atoms with E-state index in [4.69, 9.17) is 0 Å². The smallest absolute Gasteiger partial charge is 0.0925 e. The third-order valence-corrected chi connectivity index (χ3v) is 4.26. The molecule has 0 atom stereocenters. The van der Waals surface area contributed by atoms with E-state index in [1.54, 1.807) is 6.21 Å². The van der Waals surface area contributed by atoms with Crippen LogP contribution in [-0.2, 0) is 0 Å². The maximum Gasteiger partial charge on any atom is 0.0925 e. The first-order valence-corrected chi connectivity index (χ1v) is 7.11. The zero-order valence-electron chi connectivity index (χ0n) is 11.3. The van der Waals surface area contributed by atoms with Crippen molar-refractivity contribution < 1.29 is 5.21 Å². The predicted octanol–water partition coefficient (Wildman–Crippen LogP) is 3.20. The van der Waals surface area contributed by atoms with Gasteiger partial charge in [0.05, 0.1) is 17.9 Å². The summed E-state index contributed by atoms with van der Waals surface area (Å²) >= 11 is 0. The highest BCUT2D eigenvalue weighted by atomic mass is 16.5. The van der Waals surface area contributed by atoms with Crippen LogP contribution in [0.1, 0.15) is 25.7 Å². The Balaban J connectivity index is 1.81. The molecule has 4 nitrogen and oxygen atoms in total. The second-order valence-electron chi connectivity index (χ2n) is 5.43. The van der Waals surface area contributed by atoms with Gasteiger partial charge in [-0.3, -0.25) is 10.2 Å². The number of hydrogen-bond acceptors (Lipinski definition) is 3. The molecule has 0 unspecified atom stereocenters. The van der Waals surface area contributed by atoms with E-state index in [1.165, 1.54) is 21.9 Å². The van der Waals surface area contributed by atoms with E-state index in [1.807, 2.05) is 12.1 Å². The third kappa shape index (κ3) is 1.76. The van der Waals surface area contributed by atoms with Crippen molar-refractivity contribution in [2.24, 2.45) is 4.99 Å². The summed E-state index contributed by atoms with van der Waals surface area (Å²) in [6.45, 7) is 0.475. The van der Waals surface area contributed by atoms with E-state index in [0.717, 1.165) is 37.1 Å². The van der Waals surface area contributed by atoms with Gasteiger partial charge in [-0.05, 0) is 43.9 Å². The van der Waals surface area contributed by atoms with Crippen LogP contribution in [0.5, 0.6) is 0 Å². The summed E-state index contributed by atoms with van der Waals surface area (Å²) < 4.78 is 2.16. The van der Waals surface area contributed by atoms with Crippen LogP contribution in [-0.4, -0.2) is 27.6 Å². The molecule has 2 heterocycles. The zero-order chi connectivity index (χ0) is 13.5. The van der Waals surface area contributed by atoms with Gasteiger partial charge in [-0.2, -0.15) is 0 Å². The average molecular weight is 267 g/mol. The molecule has 0 radical (unpaired) electrons. The number of hydroxylamine groups is 2. The minimum absolute atomic E-state index is 0.475. The van der Waals surface area contributed by atoms with Gasteiger partial charge in [-0.25, -0.2) is 5.06 Å². The maximum absolute atomic E-state index is 10.2. The molecule has 4 rings (SSSR count). The van der Waals surface area contributed by atoms with Gasteiger partial charge in [-0.15, -0.1) is 0 Å². The Labute approximate surface area is 118 Å². The number of nitrogens with zero attached hydrogens (tertiary/aromatic N) is 3. The number of allylic oxidation sites excluding steroid dienone is 4. The van der Waals surface area contributed by atoms with Gasteiger partial charge in [0.15, 0.2) is 0 Å². The number of aliphatic imine (C=N–C) groups is 1. The molecular weight excluding hydrogens is 250 g/mol. The van der Waals surface area contributed by atoms with E-state index in [2.05, 4.69) is 28.0 Å². The van der Waals surface area contributed by atoms with Crippen LogP contribution in [0.15, 0.2) is 58.1 Å². The molecule has 0 bridgehead atoms. The highest BCUT2D eigenvalue weighted by Crippen LogP contribution is 2.40. The monoisotopic (exact) mass is 267 g/mol. The lowest BCUT2D eigenvalue weighted by atomic mass is 9.85. The zero-order valence-corrected chi connectivity index (χ0v) is 11.3. The lowest BCUT2D eigenvalue weighted by molar-refractivity contribution is -0.0392. The second kappa shape index (κ2) is 4.49. The lowest BCUT2D eigenvalue weighted by Crippen LogP contribution is -2.29. The molecule has 0 saturated heterocycles. The Bertz CT molecular complexity index is 662. The summed E-state index contributed by atoms with van der Waals surface area (Å²) in [7, 11) is 0. The van der Waals surface area contributed by atoms with Crippen molar-refractivity contribution >= 4 is 11.9 Å². The van der Waals surface area contributed by atoms with Gasteiger partial charge in [0.2, 0.25) is 0 Å². The van der Waals surface area contributed by atoms with Crippen molar-refractivity contribution in [1.82, 2.24) is 9.63 Å². The normalized spacial score (nSPS) is 21.9. The third-order valence-electron chi connectivity index (χ3n) is 4.26. The minimum atomic E-state index is 0.475. The van der Waals surface area contributed by atoms with Crippen molar-refractivity contribution in [3.8, 4) is 0 Å². The number of rotatable bonds is 1. The van der Waals surface area contributed by atoms with Crippen LogP contribution in [0.4, 0.5) is 0 Å². The van der Waals surface area contributed by atoms with E-state index >= 15 is 0 Å². The van der Waals surface area contributed by atoms with Crippen molar-refractivity contribution in [3.05, 3.63) is 53.1 Å².